The van der Waals surface area contributed by atoms with E-state index in [-0.39, 0.29) is 24.7 Å². The van der Waals surface area contributed by atoms with E-state index >= 15 is 0 Å². The van der Waals surface area contributed by atoms with Gasteiger partial charge in [0, 0.05) is 5.56 Å². The van der Waals surface area contributed by atoms with Crippen LogP contribution in [0.2, 0.25) is 0 Å². The summed E-state index contributed by atoms with van der Waals surface area (Å²) in [7, 11) is -3.88. The van der Waals surface area contributed by atoms with Crippen LogP contribution in [0.15, 0.2) is 71.9 Å². The SMILES string of the molecule is Cc1ccc(S(=O)(=O)OC[C@@H]2CO[C@@](Cn3nccn3)(c3ccccc3)O2)cc1. The van der Waals surface area contributed by atoms with Gasteiger partial charge in [0.2, 0.25) is 5.79 Å². The Morgan fingerprint density at radius 3 is 2.48 bits per heavy atom. The van der Waals surface area contributed by atoms with Crippen molar-refractivity contribution < 1.29 is 22.1 Å². The second-order valence-corrected chi connectivity index (χ2v) is 8.40. The van der Waals surface area contributed by atoms with Crippen LogP contribution >= 0.6 is 0 Å². The summed E-state index contributed by atoms with van der Waals surface area (Å²) < 4.78 is 42.3. The Hall–Kier alpha value is -2.59. The van der Waals surface area contributed by atoms with Gasteiger partial charge in [0.25, 0.3) is 10.1 Å². The number of rotatable bonds is 7. The van der Waals surface area contributed by atoms with Crippen LogP contribution in [-0.2, 0) is 36.1 Å². The zero-order valence-electron chi connectivity index (χ0n) is 15.8. The van der Waals surface area contributed by atoms with E-state index in [2.05, 4.69) is 10.2 Å². The summed E-state index contributed by atoms with van der Waals surface area (Å²) in [6.45, 7) is 2.14. The maximum Gasteiger partial charge on any atom is 0.297 e. The lowest BCUT2D eigenvalue weighted by Gasteiger charge is -2.28. The molecule has 2 aromatic carbocycles. The third-order valence-corrected chi connectivity index (χ3v) is 5.90. The standard InChI is InChI=1S/C20H21N3O5S/c1-16-7-9-19(10-8-16)29(24,25)27-14-18-13-26-20(28-18,15-23-21-11-12-22-23)17-5-3-2-4-6-17/h2-12,18H,13-15H2,1H3/t18-,20+/m0/s1. The summed E-state index contributed by atoms with van der Waals surface area (Å²) >= 11 is 0. The first-order valence-corrected chi connectivity index (χ1v) is 10.6. The number of hydrogen-bond acceptors (Lipinski definition) is 7. The maximum absolute atomic E-state index is 12.4. The van der Waals surface area contributed by atoms with Crippen LogP contribution in [0, 0.1) is 6.92 Å². The predicted octanol–water partition coefficient (Wildman–Crippen LogP) is 2.26. The molecular formula is C20H21N3O5S. The molecule has 1 aliphatic rings. The number of hydrogen-bond donors (Lipinski definition) is 0. The molecule has 0 saturated carbocycles. The molecule has 2 atom stereocenters. The van der Waals surface area contributed by atoms with Crippen LogP contribution in [0.4, 0.5) is 0 Å². The molecule has 1 aromatic heterocycles. The normalized spacial score (nSPS) is 22.0. The van der Waals surface area contributed by atoms with Crippen molar-refractivity contribution in [2.45, 2.75) is 30.3 Å². The predicted molar refractivity (Wildman–Crippen MR) is 103 cm³/mol. The van der Waals surface area contributed by atoms with Gasteiger partial charge < -0.3 is 9.47 Å². The van der Waals surface area contributed by atoms with E-state index in [0.29, 0.717) is 0 Å². The molecule has 2 heterocycles. The molecule has 3 aromatic rings. The van der Waals surface area contributed by atoms with E-state index in [1.165, 1.54) is 16.9 Å². The highest BCUT2D eigenvalue weighted by molar-refractivity contribution is 7.86. The van der Waals surface area contributed by atoms with Crippen molar-refractivity contribution in [3.8, 4) is 0 Å². The molecule has 152 valence electrons. The molecule has 1 aliphatic heterocycles. The van der Waals surface area contributed by atoms with Gasteiger partial charge in [-0.25, -0.2) is 0 Å². The van der Waals surface area contributed by atoms with Gasteiger partial charge in [-0.05, 0) is 19.1 Å². The van der Waals surface area contributed by atoms with Crippen LogP contribution in [-0.4, -0.2) is 42.7 Å². The Bertz CT molecular complexity index is 1040. The quantitative estimate of drug-likeness (QED) is 0.547. The number of ether oxygens (including phenoxy) is 2. The lowest BCUT2D eigenvalue weighted by Crippen LogP contribution is -2.35. The molecule has 0 aliphatic carbocycles. The number of nitrogens with zero attached hydrogens (tertiary/aromatic N) is 3. The molecule has 0 unspecified atom stereocenters. The van der Waals surface area contributed by atoms with Crippen LogP contribution in [0.5, 0.6) is 0 Å². The van der Waals surface area contributed by atoms with Crippen molar-refractivity contribution in [3.63, 3.8) is 0 Å². The zero-order valence-corrected chi connectivity index (χ0v) is 16.7. The summed E-state index contributed by atoms with van der Waals surface area (Å²) in [5.74, 6) is -1.12. The van der Waals surface area contributed by atoms with Crippen molar-refractivity contribution in [2.24, 2.45) is 0 Å². The van der Waals surface area contributed by atoms with Crippen molar-refractivity contribution in [3.05, 3.63) is 78.1 Å². The van der Waals surface area contributed by atoms with Crippen LogP contribution < -0.4 is 0 Å². The van der Waals surface area contributed by atoms with Crippen LogP contribution in [0.1, 0.15) is 11.1 Å². The number of aryl methyl sites for hydroxylation is 1. The molecule has 8 nitrogen and oxygen atoms in total. The van der Waals surface area contributed by atoms with Crippen molar-refractivity contribution in [1.82, 2.24) is 15.0 Å². The van der Waals surface area contributed by atoms with Crippen molar-refractivity contribution in [2.75, 3.05) is 13.2 Å². The van der Waals surface area contributed by atoms with Gasteiger partial charge in [0.1, 0.15) is 12.6 Å². The Balaban J connectivity index is 1.48. The third-order valence-electron chi connectivity index (χ3n) is 4.61. The Morgan fingerprint density at radius 1 is 1.10 bits per heavy atom. The second kappa shape index (κ2) is 8.03. The second-order valence-electron chi connectivity index (χ2n) is 6.78. The van der Waals surface area contributed by atoms with Gasteiger partial charge in [-0.1, -0.05) is 48.0 Å². The number of benzene rings is 2. The first-order chi connectivity index (χ1) is 14.0. The third kappa shape index (κ3) is 4.38. The first kappa shape index (κ1) is 19.7. The van der Waals surface area contributed by atoms with Gasteiger partial charge in [-0.15, -0.1) is 0 Å². The minimum absolute atomic E-state index is 0.108. The van der Waals surface area contributed by atoms with Gasteiger partial charge >= 0.3 is 0 Å². The molecule has 0 amide bonds. The fourth-order valence-electron chi connectivity index (χ4n) is 3.11. The molecule has 0 bridgehead atoms. The minimum Gasteiger partial charge on any atom is -0.342 e. The van der Waals surface area contributed by atoms with Crippen molar-refractivity contribution >= 4 is 10.1 Å². The van der Waals surface area contributed by atoms with Gasteiger partial charge in [-0.2, -0.15) is 23.4 Å². The monoisotopic (exact) mass is 415 g/mol. The van der Waals surface area contributed by atoms with Crippen molar-refractivity contribution in [1.29, 1.82) is 0 Å². The van der Waals surface area contributed by atoms with Gasteiger partial charge in [0.15, 0.2) is 0 Å². The Labute approximate surface area is 169 Å². The summed E-state index contributed by atoms with van der Waals surface area (Å²) in [6.07, 6.45) is 2.58. The summed E-state index contributed by atoms with van der Waals surface area (Å²) in [6, 6.07) is 15.9. The molecule has 29 heavy (non-hydrogen) atoms. The van der Waals surface area contributed by atoms with Crippen LogP contribution in [0.25, 0.3) is 0 Å². The molecule has 0 radical (unpaired) electrons. The van der Waals surface area contributed by atoms with E-state index in [1.807, 2.05) is 37.3 Å². The van der Waals surface area contributed by atoms with Gasteiger partial charge in [0.05, 0.1) is 30.5 Å². The van der Waals surface area contributed by atoms with Gasteiger partial charge in [-0.3, -0.25) is 4.18 Å². The van der Waals surface area contributed by atoms with Crippen LogP contribution in [0.3, 0.4) is 0 Å². The highest BCUT2D eigenvalue weighted by Crippen LogP contribution is 2.36. The maximum atomic E-state index is 12.4. The highest BCUT2D eigenvalue weighted by Gasteiger charge is 2.44. The molecule has 1 fully saturated rings. The topological polar surface area (TPSA) is 92.5 Å². The molecule has 0 spiro atoms. The van der Waals surface area contributed by atoms with E-state index < -0.39 is 22.0 Å². The highest BCUT2D eigenvalue weighted by atomic mass is 32.2. The smallest absolute Gasteiger partial charge is 0.297 e. The largest absolute Gasteiger partial charge is 0.342 e. The average molecular weight is 415 g/mol. The lowest BCUT2D eigenvalue weighted by atomic mass is 10.1. The first-order valence-electron chi connectivity index (χ1n) is 9.14. The molecule has 9 heteroatoms. The Kier molecular flexibility index (Phi) is 5.46. The molecular weight excluding hydrogens is 394 g/mol. The zero-order chi connectivity index (χ0) is 20.3. The lowest BCUT2D eigenvalue weighted by molar-refractivity contribution is -0.192. The fourth-order valence-corrected chi connectivity index (χ4v) is 4.05. The summed E-state index contributed by atoms with van der Waals surface area (Å²) in [4.78, 5) is 1.58. The fraction of sp³-hybridized carbons (Fsp3) is 0.300. The van der Waals surface area contributed by atoms with E-state index in [4.69, 9.17) is 13.7 Å². The Morgan fingerprint density at radius 2 is 1.79 bits per heavy atom. The summed E-state index contributed by atoms with van der Waals surface area (Å²) in [5.41, 5.74) is 1.76. The van der Waals surface area contributed by atoms with E-state index in [1.54, 1.807) is 24.5 Å². The molecule has 0 N–H and O–H groups in total. The summed E-state index contributed by atoms with van der Waals surface area (Å²) in [5, 5.41) is 8.25. The van der Waals surface area contributed by atoms with E-state index in [0.717, 1.165) is 11.1 Å². The minimum atomic E-state index is -3.88. The average Bonchev–Trinajstić information content (AvgIpc) is 3.39. The number of aromatic nitrogens is 3. The van der Waals surface area contributed by atoms with E-state index in [9.17, 15) is 8.42 Å². The molecule has 4 rings (SSSR count). The molecule has 1 saturated heterocycles.